The highest BCUT2D eigenvalue weighted by Crippen LogP contribution is 2.21. The van der Waals surface area contributed by atoms with Crippen LogP contribution in [0.4, 0.5) is 0 Å². The van der Waals surface area contributed by atoms with Crippen LogP contribution in [0.2, 0.25) is 0 Å². The molecule has 0 aromatic heterocycles. The number of cyclic esters (lactones) is 1. The van der Waals surface area contributed by atoms with Crippen LogP contribution in [0.15, 0.2) is 23.8 Å². The summed E-state index contributed by atoms with van der Waals surface area (Å²) in [4.78, 5) is 10.8. The monoisotopic (exact) mass is 196 g/mol. The molecule has 0 aliphatic carbocycles. The fraction of sp³-hybridized carbons (Fsp3) is 0.583. The summed E-state index contributed by atoms with van der Waals surface area (Å²) in [5, 5.41) is 0. The quantitative estimate of drug-likeness (QED) is 0.500. The lowest BCUT2D eigenvalue weighted by atomic mass is 10.1. The Labute approximate surface area is 86.6 Å². The maximum Gasteiger partial charge on any atom is 0.306 e. The second-order valence-electron chi connectivity index (χ2n) is 2.81. The molecule has 1 fully saturated rings. The van der Waals surface area contributed by atoms with E-state index in [1.807, 2.05) is 45.9 Å². The lowest BCUT2D eigenvalue weighted by Gasteiger charge is -2.09. The van der Waals surface area contributed by atoms with E-state index in [0.717, 1.165) is 12.0 Å². The summed E-state index contributed by atoms with van der Waals surface area (Å²) in [5.41, 5.74) is 1.10. The van der Waals surface area contributed by atoms with E-state index in [4.69, 9.17) is 4.74 Å². The summed E-state index contributed by atoms with van der Waals surface area (Å²) >= 11 is 0. The molecule has 1 aliphatic rings. The van der Waals surface area contributed by atoms with Crippen molar-refractivity contribution < 1.29 is 9.53 Å². The van der Waals surface area contributed by atoms with Crippen LogP contribution in [0, 0.1) is 0 Å². The first-order chi connectivity index (χ1) is 6.77. The first-order valence-corrected chi connectivity index (χ1v) is 5.26. The van der Waals surface area contributed by atoms with Crippen molar-refractivity contribution in [2.75, 3.05) is 0 Å². The molecule has 0 aromatic carbocycles. The van der Waals surface area contributed by atoms with Crippen LogP contribution < -0.4 is 0 Å². The SMILES string of the molecule is C/C=C\C(=C/C)C1CCC(=O)O1.CC. The Morgan fingerprint density at radius 1 is 1.43 bits per heavy atom. The van der Waals surface area contributed by atoms with Crippen LogP contribution in [0.3, 0.4) is 0 Å². The summed E-state index contributed by atoms with van der Waals surface area (Å²) in [5.74, 6) is -0.0798. The molecule has 1 saturated heterocycles. The Hall–Kier alpha value is -1.05. The average Bonchev–Trinajstić information content (AvgIpc) is 2.64. The van der Waals surface area contributed by atoms with E-state index in [9.17, 15) is 4.79 Å². The maximum atomic E-state index is 10.8. The van der Waals surface area contributed by atoms with Gasteiger partial charge in [0.1, 0.15) is 6.10 Å². The molecule has 2 nitrogen and oxygen atoms in total. The molecule has 0 amide bonds. The van der Waals surface area contributed by atoms with Gasteiger partial charge < -0.3 is 4.74 Å². The first-order valence-electron chi connectivity index (χ1n) is 5.26. The lowest BCUT2D eigenvalue weighted by molar-refractivity contribution is -0.140. The molecule has 1 unspecified atom stereocenters. The summed E-state index contributed by atoms with van der Waals surface area (Å²) in [7, 11) is 0. The number of rotatable bonds is 2. The number of carbonyl (C=O) groups excluding carboxylic acids is 1. The van der Waals surface area contributed by atoms with Gasteiger partial charge in [0, 0.05) is 6.42 Å². The third-order valence-corrected chi connectivity index (χ3v) is 1.95. The molecular weight excluding hydrogens is 176 g/mol. The minimum Gasteiger partial charge on any atom is -0.457 e. The molecule has 0 spiro atoms. The van der Waals surface area contributed by atoms with Gasteiger partial charge in [0.25, 0.3) is 0 Å². The fourth-order valence-electron chi connectivity index (χ4n) is 1.34. The largest absolute Gasteiger partial charge is 0.457 e. The van der Waals surface area contributed by atoms with Gasteiger partial charge in [-0.1, -0.05) is 32.1 Å². The number of esters is 1. The molecule has 1 heterocycles. The van der Waals surface area contributed by atoms with Crippen LogP contribution in [0.25, 0.3) is 0 Å². The molecule has 0 N–H and O–H groups in total. The van der Waals surface area contributed by atoms with Gasteiger partial charge in [0.05, 0.1) is 0 Å². The molecule has 2 heteroatoms. The summed E-state index contributed by atoms with van der Waals surface area (Å²) in [6.45, 7) is 7.92. The molecule has 80 valence electrons. The zero-order chi connectivity index (χ0) is 11.0. The van der Waals surface area contributed by atoms with E-state index >= 15 is 0 Å². The van der Waals surface area contributed by atoms with E-state index in [1.54, 1.807) is 0 Å². The highest BCUT2D eigenvalue weighted by atomic mass is 16.5. The van der Waals surface area contributed by atoms with Crippen LogP contribution in [0.1, 0.15) is 40.5 Å². The van der Waals surface area contributed by atoms with Gasteiger partial charge in [-0.05, 0) is 25.8 Å². The number of hydrogen-bond acceptors (Lipinski definition) is 2. The lowest BCUT2D eigenvalue weighted by Crippen LogP contribution is -2.08. The number of carbonyl (C=O) groups is 1. The van der Waals surface area contributed by atoms with Crippen LogP contribution in [-0.4, -0.2) is 12.1 Å². The smallest absolute Gasteiger partial charge is 0.306 e. The zero-order valence-electron chi connectivity index (χ0n) is 9.54. The Balaban J connectivity index is 0.000000791. The fourth-order valence-corrected chi connectivity index (χ4v) is 1.34. The minimum atomic E-state index is -0.0798. The normalized spacial score (nSPS) is 21.9. The molecule has 0 radical (unpaired) electrons. The molecule has 1 aliphatic heterocycles. The average molecular weight is 196 g/mol. The summed E-state index contributed by atoms with van der Waals surface area (Å²) in [6.07, 6.45) is 7.31. The molecule has 1 atom stereocenters. The predicted molar refractivity (Wildman–Crippen MR) is 59.0 cm³/mol. The van der Waals surface area contributed by atoms with Gasteiger partial charge in [-0.2, -0.15) is 0 Å². The number of allylic oxidation sites excluding steroid dienone is 2. The Morgan fingerprint density at radius 2 is 2.07 bits per heavy atom. The van der Waals surface area contributed by atoms with Gasteiger partial charge in [-0.3, -0.25) is 4.79 Å². The molecule has 0 aromatic rings. The first kappa shape index (κ1) is 12.9. The van der Waals surface area contributed by atoms with Crippen molar-refractivity contribution in [1.29, 1.82) is 0 Å². The van der Waals surface area contributed by atoms with E-state index in [0.29, 0.717) is 6.42 Å². The number of ether oxygens (including phenoxy) is 1. The van der Waals surface area contributed by atoms with E-state index in [1.165, 1.54) is 0 Å². The standard InChI is InChI=1S/C10H14O2.C2H6/c1-3-5-8(4-2)9-6-7-10(11)12-9;1-2/h3-5,9H,6-7H2,1-2H3;1-2H3/b5-3-,8-4+;. The van der Waals surface area contributed by atoms with Crippen molar-refractivity contribution in [1.82, 2.24) is 0 Å². The van der Waals surface area contributed by atoms with Crippen LogP contribution in [0.5, 0.6) is 0 Å². The predicted octanol–water partition coefficient (Wildman–Crippen LogP) is 3.24. The minimum absolute atomic E-state index is 0.00120. The van der Waals surface area contributed by atoms with E-state index < -0.39 is 0 Å². The third-order valence-electron chi connectivity index (χ3n) is 1.95. The summed E-state index contributed by atoms with van der Waals surface area (Å²) < 4.78 is 5.11. The summed E-state index contributed by atoms with van der Waals surface area (Å²) in [6, 6.07) is 0. The van der Waals surface area contributed by atoms with Crippen molar-refractivity contribution in [2.45, 2.75) is 46.6 Å². The van der Waals surface area contributed by atoms with E-state index in [-0.39, 0.29) is 12.1 Å². The molecule has 0 bridgehead atoms. The van der Waals surface area contributed by atoms with Crippen molar-refractivity contribution in [3.05, 3.63) is 23.8 Å². The second-order valence-corrected chi connectivity index (χ2v) is 2.81. The van der Waals surface area contributed by atoms with Gasteiger partial charge in [0.15, 0.2) is 0 Å². The van der Waals surface area contributed by atoms with Gasteiger partial charge in [-0.15, -0.1) is 0 Å². The van der Waals surface area contributed by atoms with Crippen LogP contribution >= 0.6 is 0 Å². The topological polar surface area (TPSA) is 26.3 Å². The molecular formula is C12H20O2. The number of hydrogen-bond donors (Lipinski definition) is 0. The molecule has 14 heavy (non-hydrogen) atoms. The van der Waals surface area contributed by atoms with Gasteiger partial charge in [-0.25, -0.2) is 0 Å². The second kappa shape index (κ2) is 7.36. The Bertz CT molecular complexity index is 226. The van der Waals surface area contributed by atoms with Crippen LogP contribution in [-0.2, 0) is 9.53 Å². The Kier molecular flexibility index (Phi) is 6.81. The highest BCUT2D eigenvalue weighted by molar-refractivity contribution is 5.72. The van der Waals surface area contributed by atoms with Gasteiger partial charge >= 0.3 is 5.97 Å². The molecule has 0 saturated carbocycles. The highest BCUT2D eigenvalue weighted by Gasteiger charge is 2.24. The third kappa shape index (κ3) is 3.77. The van der Waals surface area contributed by atoms with Crippen molar-refractivity contribution >= 4 is 5.97 Å². The van der Waals surface area contributed by atoms with Crippen molar-refractivity contribution in [3.8, 4) is 0 Å². The van der Waals surface area contributed by atoms with Gasteiger partial charge in [0.2, 0.25) is 0 Å². The Morgan fingerprint density at radius 3 is 2.43 bits per heavy atom. The zero-order valence-corrected chi connectivity index (χ0v) is 9.54. The maximum absolute atomic E-state index is 10.8. The molecule has 1 rings (SSSR count). The van der Waals surface area contributed by atoms with Crippen molar-refractivity contribution in [2.24, 2.45) is 0 Å². The van der Waals surface area contributed by atoms with E-state index in [2.05, 4.69) is 0 Å². The van der Waals surface area contributed by atoms with Crippen molar-refractivity contribution in [3.63, 3.8) is 0 Å².